The maximum Gasteiger partial charge on any atom is 0.387 e. The molecule has 10 heteroatoms. The minimum atomic E-state index is -2.94. The lowest BCUT2D eigenvalue weighted by molar-refractivity contribution is -0.385. The van der Waals surface area contributed by atoms with Crippen LogP contribution in [-0.4, -0.2) is 37.7 Å². The first-order valence-corrected chi connectivity index (χ1v) is 8.15. The van der Waals surface area contributed by atoms with Crippen LogP contribution in [-0.2, 0) is 11.2 Å². The molecular weight excluding hydrogens is 378 g/mol. The number of alkyl halides is 2. The Hall–Kier alpha value is -3.43. The van der Waals surface area contributed by atoms with Gasteiger partial charge in [0.25, 0.3) is 5.91 Å². The molecule has 2 aromatic rings. The number of hydrogen-bond acceptors (Lipinski definition) is 6. The number of nitrogens with zero attached hydrogens (tertiary/aromatic N) is 1. The molecule has 0 saturated carbocycles. The molecule has 0 heterocycles. The van der Waals surface area contributed by atoms with E-state index in [-0.39, 0.29) is 35.9 Å². The Morgan fingerprint density at radius 1 is 1.21 bits per heavy atom. The zero-order valence-electron chi connectivity index (χ0n) is 14.9. The average molecular weight is 396 g/mol. The number of carbonyl (C=O) groups excluding carboxylic acids is 1. The Morgan fingerprint density at radius 3 is 2.64 bits per heavy atom. The molecule has 0 aliphatic rings. The number of para-hydroxylation sites is 1. The van der Waals surface area contributed by atoms with Gasteiger partial charge < -0.3 is 19.5 Å². The number of methoxy groups -OCH3 is 1. The zero-order chi connectivity index (χ0) is 20.5. The van der Waals surface area contributed by atoms with Crippen molar-refractivity contribution in [2.45, 2.75) is 13.0 Å². The maximum atomic E-state index is 12.4. The summed E-state index contributed by atoms with van der Waals surface area (Å²) in [6, 6.07) is 10.3. The van der Waals surface area contributed by atoms with Gasteiger partial charge in [-0.1, -0.05) is 18.2 Å². The van der Waals surface area contributed by atoms with Gasteiger partial charge in [-0.25, -0.2) is 0 Å². The van der Waals surface area contributed by atoms with Crippen LogP contribution < -0.4 is 19.5 Å². The molecule has 0 aliphatic carbocycles. The molecule has 8 nitrogen and oxygen atoms in total. The monoisotopic (exact) mass is 396 g/mol. The quantitative estimate of drug-likeness (QED) is 0.490. The van der Waals surface area contributed by atoms with Gasteiger partial charge in [-0.3, -0.25) is 14.9 Å². The Bertz CT molecular complexity index is 831. The van der Waals surface area contributed by atoms with Gasteiger partial charge >= 0.3 is 12.3 Å². The molecule has 28 heavy (non-hydrogen) atoms. The van der Waals surface area contributed by atoms with E-state index in [1.165, 1.54) is 31.4 Å². The van der Waals surface area contributed by atoms with Gasteiger partial charge in [0.05, 0.1) is 18.1 Å². The van der Waals surface area contributed by atoms with Gasteiger partial charge in [0.15, 0.2) is 12.4 Å². The standard InChI is InChI=1S/C18H18F2N2O6/c1-26-13-6-7-16(14(10-13)22(24)25)27-11-17(23)21-9-8-12-4-2-3-5-15(12)28-18(19)20/h2-7,10,18H,8-9,11H2,1H3,(H,21,23). The highest BCUT2D eigenvalue weighted by atomic mass is 19.3. The van der Waals surface area contributed by atoms with E-state index in [1.54, 1.807) is 18.2 Å². The summed E-state index contributed by atoms with van der Waals surface area (Å²) < 4.78 is 39.3. The molecule has 0 aromatic heterocycles. The normalized spacial score (nSPS) is 10.4. The number of nitro groups is 1. The fourth-order valence-electron chi connectivity index (χ4n) is 2.34. The molecule has 0 fully saturated rings. The van der Waals surface area contributed by atoms with Crippen LogP contribution in [0.2, 0.25) is 0 Å². The Labute approximate surface area is 159 Å². The molecule has 0 aliphatic heterocycles. The van der Waals surface area contributed by atoms with Crippen molar-refractivity contribution in [1.29, 1.82) is 0 Å². The molecule has 1 amide bonds. The molecule has 0 bridgehead atoms. The Morgan fingerprint density at radius 2 is 1.96 bits per heavy atom. The van der Waals surface area contributed by atoms with Gasteiger partial charge in [0.1, 0.15) is 11.5 Å². The number of rotatable bonds is 10. The summed E-state index contributed by atoms with van der Waals surface area (Å²) in [5.74, 6) is -0.265. The van der Waals surface area contributed by atoms with Crippen molar-refractivity contribution in [3.63, 3.8) is 0 Å². The van der Waals surface area contributed by atoms with Crippen molar-refractivity contribution in [2.75, 3.05) is 20.3 Å². The van der Waals surface area contributed by atoms with E-state index < -0.39 is 24.0 Å². The Kier molecular flexibility index (Phi) is 7.49. The summed E-state index contributed by atoms with van der Waals surface area (Å²) >= 11 is 0. The fourth-order valence-corrected chi connectivity index (χ4v) is 2.34. The first kappa shape index (κ1) is 20.9. The van der Waals surface area contributed by atoms with Gasteiger partial charge in [0.2, 0.25) is 0 Å². The lowest BCUT2D eigenvalue weighted by atomic mass is 10.1. The van der Waals surface area contributed by atoms with Crippen molar-refractivity contribution >= 4 is 11.6 Å². The number of benzene rings is 2. The third-order valence-electron chi connectivity index (χ3n) is 3.63. The van der Waals surface area contributed by atoms with Crippen LogP contribution in [0.4, 0.5) is 14.5 Å². The van der Waals surface area contributed by atoms with Crippen molar-refractivity contribution < 1.29 is 32.7 Å². The number of nitro benzene ring substituents is 1. The minimum Gasteiger partial charge on any atom is -0.496 e. The molecule has 0 spiro atoms. The third-order valence-corrected chi connectivity index (χ3v) is 3.63. The number of carbonyl (C=O) groups is 1. The molecule has 0 radical (unpaired) electrons. The van der Waals surface area contributed by atoms with E-state index in [4.69, 9.17) is 9.47 Å². The molecule has 1 N–H and O–H groups in total. The first-order valence-electron chi connectivity index (χ1n) is 8.15. The van der Waals surface area contributed by atoms with E-state index >= 15 is 0 Å². The summed E-state index contributed by atoms with van der Waals surface area (Å²) in [6.45, 7) is -3.23. The fraction of sp³-hybridized carbons (Fsp3) is 0.278. The smallest absolute Gasteiger partial charge is 0.387 e. The Balaban J connectivity index is 1.87. The second kappa shape index (κ2) is 10.0. The molecule has 0 saturated heterocycles. The molecule has 0 unspecified atom stereocenters. The zero-order valence-corrected chi connectivity index (χ0v) is 14.9. The van der Waals surface area contributed by atoms with Crippen LogP contribution in [0, 0.1) is 10.1 Å². The highest BCUT2D eigenvalue weighted by Gasteiger charge is 2.17. The predicted octanol–water partition coefficient (Wildman–Crippen LogP) is 2.94. The third kappa shape index (κ3) is 6.08. The van der Waals surface area contributed by atoms with Gasteiger partial charge in [0, 0.05) is 6.54 Å². The first-order chi connectivity index (χ1) is 13.4. The highest BCUT2D eigenvalue weighted by molar-refractivity contribution is 5.77. The van der Waals surface area contributed by atoms with E-state index in [2.05, 4.69) is 10.1 Å². The molecular formula is C18H18F2N2O6. The van der Waals surface area contributed by atoms with Gasteiger partial charge in [-0.05, 0) is 30.2 Å². The number of halogens is 2. The van der Waals surface area contributed by atoms with E-state index in [9.17, 15) is 23.7 Å². The van der Waals surface area contributed by atoms with Gasteiger partial charge in [-0.2, -0.15) is 8.78 Å². The number of ether oxygens (including phenoxy) is 3. The van der Waals surface area contributed by atoms with Crippen LogP contribution >= 0.6 is 0 Å². The minimum absolute atomic E-state index is 0.0388. The molecule has 150 valence electrons. The topological polar surface area (TPSA) is 99.9 Å². The van der Waals surface area contributed by atoms with Crippen molar-refractivity contribution in [1.82, 2.24) is 5.32 Å². The SMILES string of the molecule is COc1ccc(OCC(=O)NCCc2ccccc2OC(F)F)c([N+](=O)[O-])c1. The van der Waals surface area contributed by atoms with Crippen LogP contribution in [0.15, 0.2) is 42.5 Å². The summed E-state index contributed by atoms with van der Waals surface area (Å²) in [5.41, 5.74) is 0.181. The molecule has 0 atom stereocenters. The largest absolute Gasteiger partial charge is 0.496 e. The van der Waals surface area contributed by atoms with Crippen molar-refractivity contribution in [3.8, 4) is 17.2 Å². The summed E-state index contributed by atoms with van der Waals surface area (Å²) in [4.78, 5) is 22.3. The molecule has 2 aromatic carbocycles. The summed E-state index contributed by atoms with van der Waals surface area (Å²) in [6.07, 6.45) is 0.261. The number of nitrogens with one attached hydrogen (secondary N) is 1. The lowest BCUT2D eigenvalue weighted by Crippen LogP contribution is -2.30. The second-order valence-corrected chi connectivity index (χ2v) is 5.47. The molecule has 2 rings (SSSR count). The van der Waals surface area contributed by atoms with Gasteiger partial charge in [-0.15, -0.1) is 0 Å². The van der Waals surface area contributed by atoms with E-state index in [0.717, 1.165) is 0 Å². The number of amides is 1. The van der Waals surface area contributed by atoms with Crippen LogP contribution in [0.25, 0.3) is 0 Å². The van der Waals surface area contributed by atoms with Crippen LogP contribution in [0.3, 0.4) is 0 Å². The predicted molar refractivity (Wildman–Crippen MR) is 94.9 cm³/mol. The highest BCUT2D eigenvalue weighted by Crippen LogP contribution is 2.30. The lowest BCUT2D eigenvalue weighted by Gasteiger charge is -2.11. The van der Waals surface area contributed by atoms with Crippen LogP contribution in [0.1, 0.15) is 5.56 Å². The van der Waals surface area contributed by atoms with E-state index in [1.807, 2.05) is 0 Å². The number of hydrogen-bond donors (Lipinski definition) is 1. The summed E-state index contributed by atoms with van der Waals surface area (Å²) in [5, 5.41) is 13.6. The van der Waals surface area contributed by atoms with E-state index in [0.29, 0.717) is 5.56 Å². The van der Waals surface area contributed by atoms with Crippen LogP contribution in [0.5, 0.6) is 17.2 Å². The summed E-state index contributed by atoms with van der Waals surface area (Å²) in [7, 11) is 1.37. The van der Waals surface area contributed by atoms with Crippen molar-refractivity contribution in [3.05, 3.63) is 58.1 Å². The maximum absolute atomic E-state index is 12.4. The average Bonchev–Trinajstić information content (AvgIpc) is 2.67. The second-order valence-electron chi connectivity index (χ2n) is 5.47. The van der Waals surface area contributed by atoms with Crippen molar-refractivity contribution in [2.24, 2.45) is 0 Å².